The van der Waals surface area contributed by atoms with Crippen molar-refractivity contribution in [1.82, 2.24) is 4.90 Å². The molecule has 0 atom stereocenters. The van der Waals surface area contributed by atoms with Gasteiger partial charge in [-0.3, -0.25) is 4.90 Å². The summed E-state index contributed by atoms with van der Waals surface area (Å²) in [5.41, 5.74) is 1.56. The van der Waals surface area contributed by atoms with Crippen LogP contribution in [0.4, 0.5) is 0 Å². The second-order valence-corrected chi connectivity index (χ2v) is 4.41. The highest BCUT2D eigenvalue weighted by atomic mass is 32.1. The van der Waals surface area contributed by atoms with Crippen LogP contribution in [-0.2, 0) is 19.5 Å². The average molecular weight is 167 g/mol. The second-order valence-electron chi connectivity index (χ2n) is 3.19. The quantitative estimate of drug-likeness (QED) is 0.620. The molecular formula is C9H13NS. The predicted molar refractivity (Wildman–Crippen MR) is 48.9 cm³/mol. The molecule has 0 unspecified atom stereocenters. The van der Waals surface area contributed by atoms with E-state index in [0.29, 0.717) is 0 Å². The van der Waals surface area contributed by atoms with Gasteiger partial charge in [-0.15, -0.1) is 11.3 Å². The van der Waals surface area contributed by atoms with E-state index < -0.39 is 0 Å². The maximum absolute atomic E-state index is 2.36. The Kier molecular flexibility index (Phi) is 1.74. The topological polar surface area (TPSA) is 3.24 Å². The van der Waals surface area contributed by atoms with Crippen molar-refractivity contribution in [3.8, 4) is 0 Å². The second kappa shape index (κ2) is 2.61. The molecule has 1 nitrogen and oxygen atoms in total. The van der Waals surface area contributed by atoms with Crippen LogP contribution in [0, 0.1) is 0 Å². The molecule has 0 aromatic carbocycles. The van der Waals surface area contributed by atoms with Crippen molar-refractivity contribution in [3.05, 3.63) is 21.4 Å². The molecule has 0 radical (unpaired) electrons. The molecular weight excluding hydrogens is 154 g/mol. The molecule has 0 fully saturated rings. The van der Waals surface area contributed by atoms with Gasteiger partial charge in [0.05, 0.1) is 0 Å². The molecule has 0 spiro atoms. The van der Waals surface area contributed by atoms with Crippen LogP contribution in [0.2, 0.25) is 0 Å². The number of fused-ring (bicyclic) bond motifs is 1. The van der Waals surface area contributed by atoms with E-state index in [4.69, 9.17) is 0 Å². The van der Waals surface area contributed by atoms with Crippen molar-refractivity contribution in [2.45, 2.75) is 26.4 Å². The summed E-state index contributed by atoms with van der Waals surface area (Å²) in [7, 11) is 2.18. The highest BCUT2D eigenvalue weighted by Crippen LogP contribution is 2.30. The Labute approximate surface area is 71.7 Å². The van der Waals surface area contributed by atoms with Crippen molar-refractivity contribution in [3.63, 3.8) is 0 Å². The van der Waals surface area contributed by atoms with Crippen LogP contribution >= 0.6 is 11.3 Å². The summed E-state index contributed by atoms with van der Waals surface area (Å²) in [4.78, 5) is 5.49. The zero-order valence-electron chi connectivity index (χ0n) is 7.05. The summed E-state index contributed by atoms with van der Waals surface area (Å²) in [6.45, 7) is 4.55. The number of hydrogen-bond donors (Lipinski definition) is 0. The van der Waals surface area contributed by atoms with Gasteiger partial charge in [0, 0.05) is 22.8 Å². The maximum atomic E-state index is 2.36. The van der Waals surface area contributed by atoms with E-state index in [-0.39, 0.29) is 0 Å². The third-order valence-electron chi connectivity index (χ3n) is 2.15. The Bertz CT molecular complexity index is 241. The fourth-order valence-electron chi connectivity index (χ4n) is 1.56. The first-order valence-corrected chi connectivity index (χ1v) is 4.90. The standard InChI is InChI=1S/C9H13NS/c1-3-8-4-7-5-10(2)6-9(7)11-8/h4H,3,5-6H2,1-2H3. The van der Waals surface area contributed by atoms with Crippen LogP contribution in [0.1, 0.15) is 22.2 Å². The minimum Gasteiger partial charge on any atom is -0.297 e. The van der Waals surface area contributed by atoms with Crippen molar-refractivity contribution in [2.75, 3.05) is 7.05 Å². The molecule has 0 amide bonds. The van der Waals surface area contributed by atoms with Crippen LogP contribution in [0.15, 0.2) is 6.07 Å². The predicted octanol–water partition coefficient (Wildman–Crippen LogP) is 2.26. The Morgan fingerprint density at radius 2 is 2.36 bits per heavy atom. The van der Waals surface area contributed by atoms with Crippen LogP contribution in [0.3, 0.4) is 0 Å². The summed E-state index contributed by atoms with van der Waals surface area (Å²) in [5.74, 6) is 0. The Morgan fingerprint density at radius 3 is 3.00 bits per heavy atom. The molecule has 0 aliphatic carbocycles. The lowest BCUT2D eigenvalue weighted by Gasteiger charge is -2.04. The SMILES string of the molecule is CCc1cc2c(s1)CN(C)C2. The maximum Gasteiger partial charge on any atom is 0.0331 e. The monoisotopic (exact) mass is 167 g/mol. The minimum atomic E-state index is 1.16. The molecule has 1 aliphatic heterocycles. The normalized spacial score (nSPS) is 17.3. The molecule has 2 heteroatoms. The van der Waals surface area contributed by atoms with Crippen LogP contribution in [0.5, 0.6) is 0 Å². The van der Waals surface area contributed by atoms with Crippen molar-refractivity contribution in [2.24, 2.45) is 0 Å². The highest BCUT2D eigenvalue weighted by molar-refractivity contribution is 7.12. The van der Waals surface area contributed by atoms with Crippen molar-refractivity contribution in [1.29, 1.82) is 0 Å². The molecule has 2 rings (SSSR count). The fraction of sp³-hybridized carbons (Fsp3) is 0.556. The summed E-state index contributed by atoms with van der Waals surface area (Å²) in [6.07, 6.45) is 1.20. The van der Waals surface area contributed by atoms with E-state index in [0.717, 1.165) is 6.54 Å². The highest BCUT2D eigenvalue weighted by Gasteiger charge is 2.17. The van der Waals surface area contributed by atoms with E-state index in [1.54, 1.807) is 15.3 Å². The third-order valence-corrected chi connectivity index (χ3v) is 3.46. The van der Waals surface area contributed by atoms with Gasteiger partial charge in [-0.1, -0.05) is 6.92 Å². The van der Waals surface area contributed by atoms with Gasteiger partial charge in [-0.05, 0) is 25.1 Å². The van der Waals surface area contributed by atoms with Gasteiger partial charge >= 0.3 is 0 Å². The zero-order chi connectivity index (χ0) is 7.84. The summed E-state index contributed by atoms with van der Waals surface area (Å²) in [5, 5.41) is 0. The molecule has 0 saturated carbocycles. The number of nitrogens with zero attached hydrogens (tertiary/aromatic N) is 1. The largest absolute Gasteiger partial charge is 0.297 e. The van der Waals surface area contributed by atoms with Crippen molar-refractivity contribution < 1.29 is 0 Å². The Morgan fingerprint density at radius 1 is 1.55 bits per heavy atom. The molecule has 1 aliphatic rings. The van der Waals surface area contributed by atoms with E-state index in [1.165, 1.54) is 13.0 Å². The first-order valence-electron chi connectivity index (χ1n) is 4.08. The molecule has 11 heavy (non-hydrogen) atoms. The lowest BCUT2D eigenvalue weighted by atomic mass is 10.2. The number of aryl methyl sites for hydroxylation is 1. The lowest BCUT2D eigenvalue weighted by molar-refractivity contribution is 0.354. The van der Waals surface area contributed by atoms with Gasteiger partial charge < -0.3 is 0 Å². The van der Waals surface area contributed by atoms with Gasteiger partial charge in [-0.25, -0.2) is 0 Å². The van der Waals surface area contributed by atoms with Crippen LogP contribution < -0.4 is 0 Å². The van der Waals surface area contributed by atoms with E-state index in [9.17, 15) is 0 Å². The number of thiophene rings is 1. The Hall–Kier alpha value is -0.340. The molecule has 1 aromatic heterocycles. The third kappa shape index (κ3) is 1.21. The minimum absolute atomic E-state index is 1.16. The Balaban J connectivity index is 2.29. The lowest BCUT2D eigenvalue weighted by Crippen LogP contribution is -2.07. The summed E-state index contributed by atoms with van der Waals surface area (Å²) < 4.78 is 0. The van der Waals surface area contributed by atoms with Crippen LogP contribution in [-0.4, -0.2) is 11.9 Å². The molecule has 2 heterocycles. The van der Waals surface area contributed by atoms with Gasteiger partial charge in [-0.2, -0.15) is 0 Å². The van der Waals surface area contributed by atoms with Crippen LogP contribution in [0.25, 0.3) is 0 Å². The van der Waals surface area contributed by atoms with Gasteiger partial charge in [0.2, 0.25) is 0 Å². The number of rotatable bonds is 1. The molecule has 0 N–H and O–H groups in total. The first-order chi connectivity index (χ1) is 5.29. The molecule has 0 bridgehead atoms. The van der Waals surface area contributed by atoms with E-state index in [1.807, 2.05) is 11.3 Å². The number of hydrogen-bond acceptors (Lipinski definition) is 2. The van der Waals surface area contributed by atoms with Gasteiger partial charge in [0.25, 0.3) is 0 Å². The summed E-state index contributed by atoms with van der Waals surface area (Å²) >= 11 is 1.98. The van der Waals surface area contributed by atoms with E-state index in [2.05, 4.69) is 24.9 Å². The zero-order valence-corrected chi connectivity index (χ0v) is 7.87. The average Bonchev–Trinajstić information content (AvgIpc) is 2.43. The van der Waals surface area contributed by atoms with E-state index >= 15 is 0 Å². The van der Waals surface area contributed by atoms with Crippen molar-refractivity contribution >= 4 is 11.3 Å². The van der Waals surface area contributed by atoms with Gasteiger partial charge in [0.15, 0.2) is 0 Å². The smallest absolute Gasteiger partial charge is 0.0331 e. The fourth-order valence-corrected chi connectivity index (χ4v) is 2.76. The first kappa shape index (κ1) is 7.32. The van der Waals surface area contributed by atoms with Gasteiger partial charge in [0.1, 0.15) is 0 Å². The summed E-state index contributed by atoms with van der Waals surface area (Å²) in [6, 6.07) is 2.36. The molecule has 0 saturated heterocycles. The molecule has 1 aromatic rings. The molecule has 60 valence electrons.